The summed E-state index contributed by atoms with van der Waals surface area (Å²) in [5.74, 6) is 6.14. The van der Waals surface area contributed by atoms with Crippen molar-refractivity contribution >= 4 is 0 Å². The van der Waals surface area contributed by atoms with Crippen LogP contribution >= 0.6 is 0 Å². The first-order valence-electron chi connectivity index (χ1n) is 10.3. The van der Waals surface area contributed by atoms with E-state index in [1.807, 2.05) is 7.11 Å². The van der Waals surface area contributed by atoms with Crippen LogP contribution in [0.25, 0.3) is 0 Å². The molecule has 0 aliphatic heterocycles. The van der Waals surface area contributed by atoms with Crippen LogP contribution in [0.4, 0.5) is 0 Å². The fourth-order valence-electron chi connectivity index (χ4n) is 7.90. The maximum Gasteiger partial charge on any atom is 0.0493 e. The average Bonchev–Trinajstić information content (AvgIpc) is 2.99. The highest BCUT2D eigenvalue weighted by Gasteiger charge is 2.57. The van der Waals surface area contributed by atoms with Crippen LogP contribution in [0.2, 0.25) is 0 Å². The van der Waals surface area contributed by atoms with Gasteiger partial charge in [-0.05, 0) is 79.4 Å². The van der Waals surface area contributed by atoms with Crippen molar-refractivity contribution in [2.45, 2.75) is 77.6 Å². The first kappa shape index (κ1) is 15.5. The van der Waals surface area contributed by atoms with Crippen molar-refractivity contribution in [2.24, 2.45) is 40.9 Å². The Balaban J connectivity index is 1.65. The second kappa shape index (κ2) is 6.11. The minimum atomic E-state index is 0.700. The van der Waals surface area contributed by atoms with Gasteiger partial charge in [-0.15, -0.1) is 0 Å². The van der Waals surface area contributed by atoms with E-state index < -0.39 is 0 Å². The SMILES string of the molecule is CC[C@@]12CCC[C@H]1[C@@H]1CCC3CCCC[C@@H]3[C@H]1[C@@H](COC)C2. The molecule has 0 aromatic carbocycles. The molecule has 1 nitrogen and oxygen atoms in total. The minimum Gasteiger partial charge on any atom is -0.384 e. The number of methoxy groups -OCH3 is 1. The van der Waals surface area contributed by atoms with Gasteiger partial charge in [-0.1, -0.05) is 39.0 Å². The van der Waals surface area contributed by atoms with E-state index in [1.165, 1.54) is 51.4 Å². The molecule has 0 N–H and O–H groups in total. The maximum absolute atomic E-state index is 5.75. The summed E-state index contributed by atoms with van der Waals surface area (Å²) in [5.41, 5.74) is 0.700. The molecule has 0 spiro atoms. The van der Waals surface area contributed by atoms with Crippen LogP contribution in [0.1, 0.15) is 77.6 Å². The molecule has 7 atom stereocenters. The van der Waals surface area contributed by atoms with Gasteiger partial charge >= 0.3 is 0 Å². The molecule has 4 aliphatic carbocycles. The van der Waals surface area contributed by atoms with E-state index in [9.17, 15) is 0 Å². The predicted octanol–water partition coefficient (Wildman–Crippen LogP) is 5.68. The Morgan fingerprint density at radius 1 is 0.955 bits per heavy atom. The summed E-state index contributed by atoms with van der Waals surface area (Å²) in [7, 11) is 1.94. The maximum atomic E-state index is 5.75. The van der Waals surface area contributed by atoms with E-state index in [0.717, 1.165) is 42.1 Å². The fraction of sp³-hybridized carbons (Fsp3) is 1.00. The largest absolute Gasteiger partial charge is 0.384 e. The summed E-state index contributed by atoms with van der Waals surface area (Å²) < 4.78 is 5.75. The Morgan fingerprint density at radius 3 is 2.64 bits per heavy atom. The van der Waals surface area contributed by atoms with Crippen LogP contribution in [-0.2, 0) is 4.74 Å². The molecule has 4 saturated carbocycles. The normalized spacial score (nSPS) is 51.0. The molecular weight excluding hydrogens is 268 g/mol. The molecular formula is C21H36O. The number of rotatable bonds is 3. The smallest absolute Gasteiger partial charge is 0.0493 e. The fourth-order valence-corrected chi connectivity index (χ4v) is 7.90. The molecule has 0 aromatic heterocycles. The van der Waals surface area contributed by atoms with Crippen molar-refractivity contribution in [3.8, 4) is 0 Å². The third-order valence-electron chi connectivity index (χ3n) is 8.62. The molecule has 4 aliphatic rings. The van der Waals surface area contributed by atoms with Gasteiger partial charge in [-0.3, -0.25) is 0 Å². The summed E-state index contributed by atoms with van der Waals surface area (Å²) in [5, 5.41) is 0. The predicted molar refractivity (Wildman–Crippen MR) is 91.7 cm³/mol. The Labute approximate surface area is 137 Å². The molecule has 1 unspecified atom stereocenters. The standard InChI is InChI=1S/C21H36O/c1-3-21-12-6-9-19(21)18-11-10-15-7-4-5-8-17(15)20(18)16(13-21)14-22-2/h15-20H,3-14H2,1-2H3/t15?,16-,17+,18+,19+,20-,21+/m1/s1. The number of hydrogen-bond acceptors (Lipinski definition) is 1. The van der Waals surface area contributed by atoms with Crippen molar-refractivity contribution in [1.29, 1.82) is 0 Å². The van der Waals surface area contributed by atoms with Gasteiger partial charge < -0.3 is 4.74 Å². The van der Waals surface area contributed by atoms with Gasteiger partial charge in [0.05, 0.1) is 0 Å². The molecule has 4 fully saturated rings. The molecule has 0 saturated heterocycles. The van der Waals surface area contributed by atoms with Crippen LogP contribution in [0.3, 0.4) is 0 Å². The highest BCUT2D eigenvalue weighted by atomic mass is 16.5. The minimum absolute atomic E-state index is 0.700. The third-order valence-corrected chi connectivity index (χ3v) is 8.62. The lowest BCUT2D eigenvalue weighted by atomic mass is 9.47. The Bertz CT molecular complexity index is 391. The van der Waals surface area contributed by atoms with E-state index in [2.05, 4.69) is 6.92 Å². The van der Waals surface area contributed by atoms with Crippen molar-refractivity contribution in [2.75, 3.05) is 13.7 Å². The highest BCUT2D eigenvalue weighted by Crippen LogP contribution is 2.65. The van der Waals surface area contributed by atoms with E-state index >= 15 is 0 Å². The molecule has 0 aromatic rings. The Hall–Kier alpha value is -0.0400. The summed E-state index contributed by atoms with van der Waals surface area (Å²) in [4.78, 5) is 0. The molecule has 0 radical (unpaired) electrons. The van der Waals surface area contributed by atoms with Crippen molar-refractivity contribution in [1.82, 2.24) is 0 Å². The van der Waals surface area contributed by atoms with Crippen LogP contribution in [0.15, 0.2) is 0 Å². The summed E-state index contributed by atoms with van der Waals surface area (Å²) in [6, 6.07) is 0. The van der Waals surface area contributed by atoms with Gasteiger partial charge in [0.1, 0.15) is 0 Å². The first-order valence-corrected chi connectivity index (χ1v) is 10.3. The monoisotopic (exact) mass is 304 g/mol. The number of fused-ring (bicyclic) bond motifs is 5. The van der Waals surface area contributed by atoms with E-state index in [1.54, 1.807) is 19.3 Å². The number of ether oxygens (including phenoxy) is 1. The molecule has 4 rings (SSSR count). The van der Waals surface area contributed by atoms with Crippen LogP contribution in [-0.4, -0.2) is 13.7 Å². The summed E-state index contributed by atoms with van der Waals surface area (Å²) in [6.07, 6.45) is 16.7. The zero-order valence-electron chi connectivity index (χ0n) is 14.9. The average molecular weight is 305 g/mol. The quantitative estimate of drug-likeness (QED) is 0.651. The molecule has 0 bridgehead atoms. The number of hydrogen-bond donors (Lipinski definition) is 0. The van der Waals surface area contributed by atoms with Crippen molar-refractivity contribution < 1.29 is 4.74 Å². The van der Waals surface area contributed by atoms with Crippen LogP contribution in [0, 0.1) is 40.9 Å². The second-order valence-corrected chi connectivity index (χ2v) is 9.16. The molecule has 1 heteroatoms. The van der Waals surface area contributed by atoms with Crippen molar-refractivity contribution in [3.05, 3.63) is 0 Å². The Kier molecular flexibility index (Phi) is 4.30. The van der Waals surface area contributed by atoms with E-state index in [4.69, 9.17) is 4.74 Å². The van der Waals surface area contributed by atoms with E-state index in [-0.39, 0.29) is 0 Å². The molecule has 0 heterocycles. The topological polar surface area (TPSA) is 9.23 Å². The van der Waals surface area contributed by atoms with E-state index in [0.29, 0.717) is 5.41 Å². The zero-order chi connectivity index (χ0) is 15.2. The second-order valence-electron chi connectivity index (χ2n) is 9.16. The lowest BCUT2D eigenvalue weighted by molar-refractivity contribution is -0.109. The lowest BCUT2D eigenvalue weighted by Gasteiger charge is -2.58. The third kappa shape index (κ3) is 2.29. The Morgan fingerprint density at radius 2 is 1.82 bits per heavy atom. The van der Waals surface area contributed by atoms with Gasteiger partial charge in [-0.2, -0.15) is 0 Å². The molecule has 0 amide bonds. The van der Waals surface area contributed by atoms with Gasteiger partial charge in [0, 0.05) is 13.7 Å². The summed E-state index contributed by atoms with van der Waals surface area (Å²) in [6.45, 7) is 3.52. The van der Waals surface area contributed by atoms with Gasteiger partial charge in [0.2, 0.25) is 0 Å². The zero-order valence-corrected chi connectivity index (χ0v) is 14.9. The van der Waals surface area contributed by atoms with Crippen LogP contribution in [0.5, 0.6) is 0 Å². The van der Waals surface area contributed by atoms with Crippen molar-refractivity contribution in [3.63, 3.8) is 0 Å². The molecule has 22 heavy (non-hydrogen) atoms. The summed E-state index contributed by atoms with van der Waals surface area (Å²) >= 11 is 0. The van der Waals surface area contributed by atoms with Gasteiger partial charge in [0.25, 0.3) is 0 Å². The first-order chi connectivity index (χ1) is 10.8. The highest BCUT2D eigenvalue weighted by molar-refractivity contribution is 5.06. The van der Waals surface area contributed by atoms with Gasteiger partial charge in [-0.25, -0.2) is 0 Å². The van der Waals surface area contributed by atoms with Gasteiger partial charge in [0.15, 0.2) is 0 Å². The molecule has 126 valence electrons. The van der Waals surface area contributed by atoms with Crippen LogP contribution < -0.4 is 0 Å². The lowest BCUT2D eigenvalue weighted by Crippen LogP contribution is -2.52.